The predicted molar refractivity (Wildman–Crippen MR) is 192 cm³/mol. The first kappa shape index (κ1) is 47.3. The number of rotatable bonds is 17. The van der Waals surface area contributed by atoms with E-state index in [0.29, 0.717) is 22.3 Å². The lowest BCUT2D eigenvalue weighted by Gasteiger charge is -2.42. The van der Waals surface area contributed by atoms with Crippen LogP contribution in [0.1, 0.15) is 36.8 Å². The maximum absolute atomic E-state index is 12.3. The summed E-state index contributed by atoms with van der Waals surface area (Å²) >= 11 is 0. The summed E-state index contributed by atoms with van der Waals surface area (Å²) in [6, 6.07) is 2.77. The molecule has 5 N–H and O–H groups in total. The Morgan fingerprint density at radius 1 is 0.726 bits per heavy atom. The maximum Gasteiger partial charge on any atom is 0.313 e. The highest BCUT2D eigenvalue weighted by molar-refractivity contribution is 6.06. The Morgan fingerprint density at radius 3 is 1.74 bits per heavy atom. The number of aliphatic hydroxyl groups is 3. The van der Waals surface area contributed by atoms with E-state index in [1.54, 1.807) is 0 Å². The van der Waals surface area contributed by atoms with Gasteiger partial charge in [-0.1, -0.05) is 0 Å². The molecular weight excluding hydrogens is 848 g/mol. The molecule has 2 aliphatic carbocycles. The highest BCUT2D eigenvalue weighted by Crippen LogP contribution is 2.50. The average Bonchev–Trinajstić information content (AvgIpc) is 3.48. The summed E-state index contributed by atoms with van der Waals surface area (Å²) in [5.41, 5.74) is 0.797. The molecule has 6 unspecified atom stereocenters. The zero-order valence-corrected chi connectivity index (χ0v) is 31.8. The molecule has 6 atom stereocenters. The van der Waals surface area contributed by atoms with E-state index in [1.807, 2.05) is 0 Å². The summed E-state index contributed by atoms with van der Waals surface area (Å²) in [4.78, 5) is 98.8. The van der Waals surface area contributed by atoms with Gasteiger partial charge in [0.2, 0.25) is 37.7 Å². The highest BCUT2D eigenvalue weighted by atomic mass is 16.7. The first-order chi connectivity index (χ1) is 29.1. The number of carbonyl (C=O) groups excluding carboxylic acids is 5. The fraction of sp³-hybridized carbons (Fsp3) is 0.500. The van der Waals surface area contributed by atoms with E-state index in [2.05, 4.69) is 0 Å². The van der Waals surface area contributed by atoms with Crippen molar-refractivity contribution in [3.8, 4) is 11.5 Å². The molecular formula is C34H36N4O24. The minimum Gasteiger partial charge on any atom is -0.504 e. The zero-order chi connectivity index (χ0) is 46.1. The van der Waals surface area contributed by atoms with E-state index in [1.165, 1.54) is 24.3 Å². The topological polar surface area (TPSA) is 414 Å². The molecule has 1 aromatic carbocycles. The molecule has 0 saturated carbocycles. The van der Waals surface area contributed by atoms with Crippen LogP contribution in [0, 0.1) is 40.5 Å². The van der Waals surface area contributed by atoms with Crippen LogP contribution in [-0.4, -0.2) is 151 Å². The summed E-state index contributed by atoms with van der Waals surface area (Å²) in [5.74, 6) is -6.65. The second kappa shape index (κ2) is 20.3. The summed E-state index contributed by atoms with van der Waals surface area (Å²) in [6.07, 6.45) is -10.3. The Balaban J connectivity index is 0.000000318. The van der Waals surface area contributed by atoms with Gasteiger partial charge in [0.25, 0.3) is 0 Å². The number of hydrogen-bond donors (Lipinski definition) is 5. The lowest BCUT2D eigenvalue weighted by molar-refractivity contribution is -0.479. The van der Waals surface area contributed by atoms with Gasteiger partial charge < -0.3 is 54.0 Å². The van der Waals surface area contributed by atoms with Crippen LogP contribution in [0.5, 0.6) is 11.5 Å². The third kappa shape index (κ3) is 12.1. The first-order valence-corrected chi connectivity index (χ1v) is 18.0. The predicted octanol–water partition coefficient (Wildman–Crippen LogP) is -1.27. The number of ketones is 1. The minimum atomic E-state index is -2.22. The van der Waals surface area contributed by atoms with E-state index < -0.39 is 150 Å². The lowest BCUT2D eigenvalue weighted by Crippen LogP contribution is -2.62. The quantitative estimate of drug-likeness (QED) is 0.0400. The van der Waals surface area contributed by atoms with Gasteiger partial charge in [-0.25, -0.2) is 0 Å². The first-order valence-electron chi connectivity index (χ1n) is 18.0. The van der Waals surface area contributed by atoms with E-state index >= 15 is 0 Å². The molecule has 2 aliphatic heterocycles. The Hall–Kier alpha value is -7.33. The third-order valence-electron chi connectivity index (χ3n) is 9.05. The minimum absolute atomic E-state index is 0.0348. The summed E-state index contributed by atoms with van der Waals surface area (Å²) < 4.78 is 30.5. The van der Waals surface area contributed by atoms with Crippen LogP contribution < -0.4 is 0 Å². The summed E-state index contributed by atoms with van der Waals surface area (Å²) in [7, 11) is 0. The molecule has 2 heterocycles. The molecule has 1 aromatic rings. The number of carbonyl (C=O) groups is 5. The number of hydrogen-bond acceptors (Lipinski definition) is 24. The van der Waals surface area contributed by atoms with Crippen molar-refractivity contribution < 1.29 is 97.6 Å². The van der Waals surface area contributed by atoms with Gasteiger partial charge in [0.1, 0.15) is 50.6 Å². The van der Waals surface area contributed by atoms with Crippen molar-refractivity contribution >= 4 is 35.2 Å². The van der Waals surface area contributed by atoms with Gasteiger partial charge >= 0.3 is 23.9 Å². The highest BCUT2D eigenvalue weighted by Gasteiger charge is 2.53. The molecule has 62 heavy (non-hydrogen) atoms. The molecule has 1 saturated heterocycles. The molecule has 28 nitrogen and oxygen atoms in total. The molecule has 0 spiro atoms. The molecule has 4 aliphatic rings. The zero-order valence-electron chi connectivity index (χ0n) is 31.8. The summed E-state index contributed by atoms with van der Waals surface area (Å²) in [5, 5.41) is 92.7. The van der Waals surface area contributed by atoms with Crippen molar-refractivity contribution in [1.29, 1.82) is 0 Å². The smallest absolute Gasteiger partial charge is 0.313 e. The van der Waals surface area contributed by atoms with Gasteiger partial charge in [0.05, 0.1) is 0 Å². The summed E-state index contributed by atoms with van der Waals surface area (Å²) in [6.45, 7) is -4.58. The number of phenols is 2. The standard InChI is InChI=1S/C18H24N4O18.C16H12O6/c23-11(1-5-19(28)29)36-9-10-15(38-12(24)2-6-20(30)31)16(39-13(25)3-7-21(32)33)17(18(27)37-10)40-14(26)4-8-22(34)35;17-10-2-1-8-13-9-4-12(19)11(18)3-7(9)5-16(13,21)6-22-15(8)14(10)20/h10,15-18,27H,1-9H2;1-4,18-21H,5-6H2. The molecule has 0 radical (unpaired) electrons. The van der Waals surface area contributed by atoms with Crippen LogP contribution in [0.25, 0.3) is 5.57 Å². The number of esters is 4. The van der Waals surface area contributed by atoms with Crippen LogP contribution in [0.3, 0.4) is 0 Å². The second-order valence-corrected chi connectivity index (χ2v) is 13.5. The number of allylic oxidation sites excluding steroid dienone is 2. The monoisotopic (exact) mass is 884 g/mol. The molecule has 0 amide bonds. The Kier molecular flexibility index (Phi) is 15.5. The number of benzene rings is 1. The van der Waals surface area contributed by atoms with Gasteiger partial charge in [0.15, 0.2) is 41.9 Å². The molecule has 0 aromatic heterocycles. The lowest BCUT2D eigenvalue weighted by atomic mass is 9.85. The van der Waals surface area contributed by atoms with E-state index in [0.717, 1.165) is 0 Å². The molecule has 5 rings (SSSR count). The van der Waals surface area contributed by atoms with Crippen molar-refractivity contribution in [1.82, 2.24) is 0 Å². The van der Waals surface area contributed by atoms with Crippen LogP contribution in [0.2, 0.25) is 0 Å². The van der Waals surface area contributed by atoms with Gasteiger partial charge in [-0.2, -0.15) is 0 Å². The van der Waals surface area contributed by atoms with Crippen molar-refractivity contribution in [3.63, 3.8) is 0 Å². The maximum atomic E-state index is 12.3. The molecule has 336 valence electrons. The van der Waals surface area contributed by atoms with Crippen LogP contribution in [-0.2, 0) is 58.8 Å². The fourth-order valence-electron chi connectivity index (χ4n) is 6.30. The van der Waals surface area contributed by atoms with Crippen molar-refractivity contribution in [2.24, 2.45) is 0 Å². The van der Waals surface area contributed by atoms with Crippen LogP contribution in [0.4, 0.5) is 0 Å². The normalized spacial score (nSPS) is 23.3. The van der Waals surface area contributed by atoms with Crippen molar-refractivity contribution in [2.45, 2.75) is 68.4 Å². The molecule has 1 fully saturated rings. The average molecular weight is 885 g/mol. The number of fused-ring (bicyclic) bond motifs is 4. The largest absolute Gasteiger partial charge is 0.504 e. The number of aromatic hydroxyl groups is 2. The van der Waals surface area contributed by atoms with Crippen molar-refractivity contribution in [3.05, 3.63) is 93.0 Å². The van der Waals surface area contributed by atoms with Crippen molar-refractivity contribution in [2.75, 3.05) is 39.4 Å². The number of aliphatic hydroxyl groups excluding tert-OH is 2. The van der Waals surface area contributed by atoms with Gasteiger partial charge in [-0.15, -0.1) is 0 Å². The number of nitro groups is 4. The second-order valence-electron chi connectivity index (χ2n) is 13.5. The molecule has 0 bridgehead atoms. The fourth-order valence-corrected chi connectivity index (χ4v) is 6.30. The number of ether oxygens (including phenoxy) is 6. The van der Waals surface area contributed by atoms with E-state index in [4.69, 9.17) is 28.4 Å². The van der Waals surface area contributed by atoms with E-state index in [-0.39, 0.29) is 30.3 Å². The van der Waals surface area contributed by atoms with Gasteiger partial charge in [0, 0.05) is 37.3 Å². The van der Waals surface area contributed by atoms with Gasteiger partial charge in [-0.05, 0) is 35.4 Å². The molecule has 28 heteroatoms. The Labute approximate surface area is 345 Å². The van der Waals surface area contributed by atoms with E-state index in [9.17, 15) is 90.0 Å². The van der Waals surface area contributed by atoms with Gasteiger partial charge in [-0.3, -0.25) is 64.4 Å². The van der Waals surface area contributed by atoms with Crippen LogP contribution in [0.15, 0.2) is 41.4 Å². The third-order valence-corrected chi connectivity index (χ3v) is 9.05. The number of phenolic OH excluding ortho intramolecular Hbond substituents is 2. The Bertz CT molecular complexity index is 2110. The SMILES string of the molecule is O=C(CC[N+](=O)[O-])OCC1OC(O)C(OC(=O)CC[N+](=O)[O-])C(OC(=O)CC[N+](=O)[O-])C1OC(=O)CC[N+](=O)[O-].O=C1C=CC2=C3c4cc(O)c(O)cc4CC3(O)COC2=C1O. The Morgan fingerprint density at radius 2 is 1.21 bits per heavy atom. The van der Waals surface area contributed by atoms with Crippen LogP contribution >= 0.6 is 0 Å². The number of nitrogens with zero attached hydrogens (tertiary/aromatic N) is 4.